The predicted octanol–water partition coefficient (Wildman–Crippen LogP) is 0.803. The molecule has 1 heterocycles. The number of esters is 4. The zero-order valence-electron chi connectivity index (χ0n) is 21.5. The van der Waals surface area contributed by atoms with Crippen molar-refractivity contribution in [1.29, 1.82) is 0 Å². The summed E-state index contributed by atoms with van der Waals surface area (Å²) in [5, 5.41) is 21.6. The van der Waals surface area contributed by atoms with Crippen LogP contribution in [0, 0.1) is 6.92 Å². The molecule has 2 aliphatic rings. The molecule has 3 rings (SSSR count). The smallest absolute Gasteiger partial charge is 0.303 e. The Labute approximate surface area is 221 Å². The molecule has 1 aromatic carbocycles. The Morgan fingerprint density at radius 3 is 1.77 bits per heavy atom. The molecule has 210 valence electrons. The Morgan fingerprint density at radius 2 is 1.26 bits per heavy atom. The summed E-state index contributed by atoms with van der Waals surface area (Å²) < 4.78 is 32.5. The number of phenols is 2. The zero-order valence-corrected chi connectivity index (χ0v) is 21.5. The minimum Gasteiger partial charge on any atom is -0.507 e. The molecule has 0 spiro atoms. The molecule has 0 bridgehead atoms. The summed E-state index contributed by atoms with van der Waals surface area (Å²) >= 11 is 0. The summed E-state index contributed by atoms with van der Waals surface area (Å²) in [6, 6.07) is 0. The van der Waals surface area contributed by atoms with Gasteiger partial charge in [-0.3, -0.25) is 28.8 Å². The van der Waals surface area contributed by atoms with Gasteiger partial charge in [-0.2, -0.15) is 0 Å². The van der Waals surface area contributed by atoms with E-state index < -0.39 is 101 Å². The summed E-state index contributed by atoms with van der Waals surface area (Å²) in [7, 11) is 0. The number of hydrogen-bond acceptors (Lipinski definition) is 14. The maximum atomic E-state index is 12.5. The topological polar surface area (TPSA) is 198 Å². The molecule has 5 unspecified atom stereocenters. The number of phenolic OH excluding ortho intramolecular Hbond substituents is 2. The van der Waals surface area contributed by atoms with Crippen LogP contribution in [-0.2, 0) is 42.9 Å². The molecular weight excluding hydrogens is 524 g/mol. The zero-order chi connectivity index (χ0) is 29.2. The Bertz CT molecular complexity index is 1260. The van der Waals surface area contributed by atoms with Gasteiger partial charge in [-0.1, -0.05) is 0 Å². The van der Waals surface area contributed by atoms with Crippen LogP contribution in [0.2, 0.25) is 0 Å². The van der Waals surface area contributed by atoms with Crippen LogP contribution in [0.3, 0.4) is 0 Å². The van der Waals surface area contributed by atoms with E-state index in [1.807, 2.05) is 0 Å². The van der Waals surface area contributed by atoms with Crippen LogP contribution in [0.1, 0.15) is 54.0 Å². The number of allylic oxidation sites excluding steroid dienone is 2. The van der Waals surface area contributed by atoms with Crippen LogP contribution in [0.5, 0.6) is 17.2 Å². The Balaban J connectivity index is 2.14. The van der Waals surface area contributed by atoms with Gasteiger partial charge in [0, 0.05) is 33.3 Å². The van der Waals surface area contributed by atoms with E-state index in [4.69, 9.17) is 28.4 Å². The fraction of sp³-hybridized carbons (Fsp3) is 0.440. The fourth-order valence-electron chi connectivity index (χ4n) is 4.16. The van der Waals surface area contributed by atoms with Crippen molar-refractivity contribution < 1.29 is 67.4 Å². The van der Waals surface area contributed by atoms with Crippen molar-refractivity contribution in [2.45, 2.75) is 65.3 Å². The number of fused-ring (bicyclic) bond motifs is 1. The average Bonchev–Trinajstić information content (AvgIpc) is 2.83. The maximum absolute atomic E-state index is 12.5. The molecule has 39 heavy (non-hydrogen) atoms. The van der Waals surface area contributed by atoms with E-state index in [2.05, 4.69) is 0 Å². The number of ketones is 2. The molecule has 1 aliphatic carbocycles. The predicted molar refractivity (Wildman–Crippen MR) is 125 cm³/mol. The second-order valence-electron chi connectivity index (χ2n) is 8.65. The number of benzene rings is 1. The first-order valence-electron chi connectivity index (χ1n) is 11.5. The molecule has 5 atom stereocenters. The number of hydrogen-bond donors (Lipinski definition) is 2. The lowest BCUT2D eigenvalue weighted by molar-refractivity contribution is -0.288. The molecule has 14 nitrogen and oxygen atoms in total. The van der Waals surface area contributed by atoms with Crippen molar-refractivity contribution in [2.24, 2.45) is 0 Å². The van der Waals surface area contributed by atoms with Crippen molar-refractivity contribution in [1.82, 2.24) is 0 Å². The highest BCUT2D eigenvalue weighted by atomic mass is 16.7. The summed E-state index contributed by atoms with van der Waals surface area (Å²) in [5.41, 5.74) is -1.16. The number of rotatable bonds is 7. The number of aromatic hydroxyl groups is 2. The van der Waals surface area contributed by atoms with Gasteiger partial charge in [-0.15, -0.1) is 0 Å². The highest BCUT2D eigenvalue weighted by molar-refractivity contribution is 6.24. The van der Waals surface area contributed by atoms with Crippen LogP contribution >= 0.6 is 0 Å². The summed E-state index contributed by atoms with van der Waals surface area (Å²) in [5.74, 6) is -6.88. The van der Waals surface area contributed by atoms with Gasteiger partial charge in [-0.05, 0) is 19.1 Å². The van der Waals surface area contributed by atoms with Crippen LogP contribution in [0.4, 0.5) is 0 Å². The third-order valence-corrected chi connectivity index (χ3v) is 5.70. The molecular formula is C25H26O14. The Kier molecular flexibility index (Phi) is 8.59. The molecule has 0 saturated carbocycles. The molecule has 1 fully saturated rings. The van der Waals surface area contributed by atoms with Crippen molar-refractivity contribution in [3.8, 4) is 17.2 Å². The minimum absolute atomic E-state index is 0.185. The molecule has 0 aromatic heterocycles. The second-order valence-corrected chi connectivity index (χ2v) is 8.65. The number of carbonyl (C=O) groups excluding carboxylic acids is 6. The second kappa shape index (κ2) is 11.5. The monoisotopic (exact) mass is 550 g/mol. The lowest BCUT2D eigenvalue weighted by Crippen LogP contribution is -2.63. The van der Waals surface area contributed by atoms with Crippen molar-refractivity contribution >= 4 is 35.4 Å². The first kappa shape index (κ1) is 29.1. The maximum Gasteiger partial charge on any atom is 0.303 e. The summed E-state index contributed by atoms with van der Waals surface area (Å²) in [6.07, 6.45) is -5.92. The van der Waals surface area contributed by atoms with E-state index in [-0.39, 0.29) is 5.56 Å². The van der Waals surface area contributed by atoms with E-state index in [1.165, 1.54) is 6.92 Å². The molecule has 0 radical (unpaired) electrons. The molecule has 1 aliphatic heterocycles. The lowest BCUT2D eigenvalue weighted by atomic mass is 9.90. The van der Waals surface area contributed by atoms with Gasteiger partial charge in [0.2, 0.25) is 12.4 Å². The van der Waals surface area contributed by atoms with Crippen LogP contribution in [-0.4, -0.2) is 83.0 Å². The van der Waals surface area contributed by atoms with Gasteiger partial charge >= 0.3 is 23.9 Å². The van der Waals surface area contributed by atoms with Gasteiger partial charge in [0.05, 0.1) is 11.1 Å². The van der Waals surface area contributed by atoms with Crippen molar-refractivity contribution in [2.75, 3.05) is 6.61 Å². The van der Waals surface area contributed by atoms with Crippen LogP contribution in [0.25, 0.3) is 0 Å². The van der Waals surface area contributed by atoms with Crippen molar-refractivity contribution in [3.63, 3.8) is 0 Å². The standard InChI is InChI=1S/C25H26O14/c1-9-19(32)17-14(30)6-7-15(31)18(17)20(33)21(9)39-25-24(37-13(5)29)23(36-12(4)28)22(35-11(3)27)16(38-25)8-34-10(2)26/h6-7,16,22-25,32-33H,8H2,1-5H3. The SMILES string of the molecule is CC(=O)OCC1OC(Oc2c(C)c(O)c3c(c2O)C(=O)C=CC3=O)C(OC(C)=O)C(OC(C)=O)C1OC(C)=O. The summed E-state index contributed by atoms with van der Waals surface area (Å²) in [4.78, 5) is 72.1. The molecule has 1 saturated heterocycles. The molecule has 14 heteroatoms. The van der Waals surface area contributed by atoms with Gasteiger partial charge in [0.1, 0.15) is 18.5 Å². The number of ether oxygens (including phenoxy) is 6. The normalized spacial score (nSPS) is 23.9. The lowest BCUT2D eigenvalue weighted by Gasteiger charge is -2.44. The quantitative estimate of drug-likeness (QED) is 0.274. The fourth-order valence-corrected chi connectivity index (χ4v) is 4.16. The Morgan fingerprint density at radius 1 is 0.769 bits per heavy atom. The first-order chi connectivity index (χ1) is 18.2. The third-order valence-electron chi connectivity index (χ3n) is 5.70. The average molecular weight is 550 g/mol. The molecule has 1 aromatic rings. The minimum atomic E-state index is -1.75. The number of carbonyl (C=O) groups is 6. The Hall–Kier alpha value is -4.46. The largest absolute Gasteiger partial charge is 0.507 e. The van der Waals surface area contributed by atoms with Crippen LogP contribution < -0.4 is 4.74 Å². The van der Waals surface area contributed by atoms with E-state index >= 15 is 0 Å². The van der Waals surface area contributed by atoms with Crippen LogP contribution in [0.15, 0.2) is 12.2 Å². The van der Waals surface area contributed by atoms with E-state index in [0.29, 0.717) is 0 Å². The van der Waals surface area contributed by atoms with E-state index in [1.54, 1.807) is 0 Å². The van der Waals surface area contributed by atoms with E-state index in [9.17, 15) is 39.0 Å². The van der Waals surface area contributed by atoms with E-state index in [0.717, 1.165) is 39.8 Å². The molecule has 2 N–H and O–H groups in total. The summed E-state index contributed by atoms with van der Waals surface area (Å²) in [6.45, 7) is 4.96. The first-order valence-corrected chi connectivity index (χ1v) is 11.5. The van der Waals surface area contributed by atoms with Gasteiger partial charge in [0.15, 0.2) is 35.3 Å². The van der Waals surface area contributed by atoms with Crippen molar-refractivity contribution in [3.05, 3.63) is 28.8 Å². The third kappa shape index (κ3) is 6.17. The van der Waals surface area contributed by atoms with Gasteiger partial charge in [0.25, 0.3) is 0 Å². The van der Waals surface area contributed by atoms with Gasteiger partial charge < -0.3 is 38.6 Å². The molecule has 0 amide bonds. The highest BCUT2D eigenvalue weighted by Gasteiger charge is 2.53. The highest BCUT2D eigenvalue weighted by Crippen LogP contribution is 2.45. The van der Waals surface area contributed by atoms with Gasteiger partial charge in [-0.25, -0.2) is 0 Å².